The minimum absolute atomic E-state index is 0.130. The van der Waals surface area contributed by atoms with E-state index >= 15 is 0 Å². The molecule has 1 aromatic carbocycles. The molecule has 8 heteroatoms. The van der Waals surface area contributed by atoms with Crippen LogP contribution >= 0.6 is 11.6 Å². The molecule has 22 heavy (non-hydrogen) atoms. The molecule has 0 aliphatic rings. The summed E-state index contributed by atoms with van der Waals surface area (Å²) in [7, 11) is 0. The number of ether oxygens (including phenoxy) is 1. The van der Waals surface area contributed by atoms with Gasteiger partial charge in [0.1, 0.15) is 5.56 Å². The normalized spacial score (nSPS) is 10.9. The molecule has 1 aromatic rings. The number of halogens is 1. The highest BCUT2D eigenvalue weighted by molar-refractivity contribution is 6.31. The number of nitrogens with one attached hydrogen (secondary N) is 1. The number of hydrogen-bond acceptors (Lipinski definition) is 5. The predicted octanol–water partition coefficient (Wildman–Crippen LogP) is 2.71. The molecule has 1 N–H and O–H groups in total. The minimum Gasteiger partial charge on any atom is -0.452 e. The van der Waals surface area contributed by atoms with E-state index in [2.05, 4.69) is 5.32 Å². The molecule has 1 amide bonds. The third-order valence-corrected chi connectivity index (χ3v) is 3.31. The molecule has 120 valence electrons. The third-order valence-electron chi connectivity index (χ3n) is 3.07. The van der Waals surface area contributed by atoms with Crippen LogP contribution in [0.4, 0.5) is 5.69 Å². The van der Waals surface area contributed by atoms with E-state index in [0.29, 0.717) is 6.42 Å². The second-order valence-electron chi connectivity index (χ2n) is 5.28. The van der Waals surface area contributed by atoms with Crippen molar-refractivity contribution in [1.82, 2.24) is 5.32 Å². The van der Waals surface area contributed by atoms with Gasteiger partial charge in [0.2, 0.25) is 0 Å². The Bertz CT molecular complexity index is 601. The van der Waals surface area contributed by atoms with Crippen molar-refractivity contribution < 1.29 is 19.2 Å². The quantitative estimate of drug-likeness (QED) is 0.492. The fourth-order valence-electron chi connectivity index (χ4n) is 1.54. The van der Waals surface area contributed by atoms with Crippen molar-refractivity contribution in [1.29, 1.82) is 0 Å². The lowest BCUT2D eigenvalue weighted by Gasteiger charge is -2.24. The summed E-state index contributed by atoms with van der Waals surface area (Å²) < 4.78 is 4.81. The van der Waals surface area contributed by atoms with Gasteiger partial charge in [-0.3, -0.25) is 14.9 Å². The standard InChI is InChI=1S/C14H17ClN2O5/c1-4-14(2,3)16-12(18)8-22-13(19)10-6-5-9(15)7-11(10)17(20)21/h5-7H,4,8H2,1-3H3,(H,16,18). The maximum atomic E-state index is 11.9. The fraction of sp³-hybridized carbons (Fsp3) is 0.429. The molecule has 0 unspecified atom stereocenters. The van der Waals surface area contributed by atoms with Gasteiger partial charge in [-0.05, 0) is 32.4 Å². The number of carbonyl (C=O) groups is 2. The van der Waals surface area contributed by atoms with Crippen molar-refractivity contribution in [2.24, 2.45) is 0 Å². The zero-order valence-corrected chi connectivity index (χ0v) is 13.3. The van der Waals surface area contributed by atoms with Gasteiger partial charge in [-0.2, -0.15) is 0 Å². The Morgan fingerprint density at radius 2 is 2.05 bits per heavy atom. The molecule has 0 atom stereocenters. The summed E-state index contributed by atoms with van der Waals surface area (Å²) in [5, 5.41) is 13.7. The van der Waals surface area contributed by atoms with Gasteiger partial charge >= 0.3 is 5.97 Å². The molecular formula is C14H17ClN2O5. The summed E-state index contributed by atoms with van der Waals surface area (Å²) in [5.41, 5.74) is -1.14. The van der Waals surface area contributed by atoms with Gasteiger partial charge in [0, 0.05) is 16.6 Å². The first-order valence-electron chi connectivity index (χ1n) is 6.58. The Morgan fingerprint density at radius 3 is 2.59 bits per heavy atom. The Balaban J connectivity index is 2.75. The molecule has 0 heterocycles. The molecule has 0 radical (unpaired) electrons. The summed E-state index contributed by atoms with van der Waals surface area (Å²) in [6.07, 6.45) is 0.704. The van der Waals surface area contributed by atoms with Crippen molar-refractivity contribution in [3.63, 3.8) is 0 Å². The van der Waals surface area contributed by atoms with Crippen molar-refractivity contribution in [2.75, 3.05) is 6.61 Å². The summed E-state index contributed by atoms with van der Waals surface area (Å²) in [6, 6.07) is 3.58. The average Bonchev–Trinajstić information content (AvgIpc) is 2.44. The van der Waals surface area contributed by atoms with E-state index in [1.165, 1.54) is 12.1 Å². The number of amides is 1. The zero-order chi connectivity index (χ0) is 16.9. The zero-order valence-electron chi connectivity index (χ0n) is 12.5. The third kappa shape index (κ3) is 5.00. The van der Waals surface area contributed by atoms with Crippen LogP contribution in [-0.2, 0) is 9.53 Å². The van der Waals surface area contributed by atoms with E-state index in [9.17, 15) is 19.7 Å². The van der Waals surface area contributed by atoms with Crippen LogP contribution in [0.25, 0.3) is 0 Å². The van der Waals surface area contributed by atoms with Crippen molar-refractivity contribution in [3.8, 4) is 0 Å². The van der Waals surface area contributed by atoms with Gasteiger partial charge in [-0.15, -0.1) is 0 Å². The highest BCUT2D eigenvalue weighted by atomic mass is 35.5. The molecule has 0 bridgehead atoms. The van der Waals surface area contributed by atoms with E-state index < -0.39 is 34.6 Å². The molecule has 0 saturated carbocycles. The molecule has 0 aliphatic heterocycles. The molecule has 0 aliphatic carbocycles. The van der Waals surface area contributed by atoms with Gasteiger partial charge in [0.05, 0.1) is 4.92 Å². The fourth-order valence-corrected chi connectivity index (χ4v) is 1.71. The van der Waals surface area contributed by atoms with Crippen LogP contribution < -0.4 is 5.32 Å². The number of nitrogens with zero attached hydrogens (tertiary/aromatic N) is 1. The van der Waals surface area contributed by atoms with Gasteiger partial charge in [0.15, 0.2) is 6.61 Å². The van der Waals surface area contributed by atoms with Crippen molar-refractivity contribution in [3.05, 3.63) is 38.9 Å². The summed E-state index contributed by atoms with van der Waals surface area (Å²) >= 11 is 5.66. The van der Waals surface area contributed by atoms with Gasteiger partial charge in [-0.25, -0.2) is 4.79 Å². The monoisotopic (exact) mass is 328 g/mol. The molecule has 7 nitrogen and oxygen atoms in total. The largest absolute Gasteiger partial charge is 0.452 e. The first-order valence-corrected chi connectivity index (χ1v) is 6.96. The lowest BCUT2D eigenvalue weighted by Crippen LogP contribution is -2.44. The summed E-state index contributed by atoms with van der Waals surface area (Å²) in [5.74, 6) is -1.43. The van der Waals surface area contributed by atoms with Crippen LogP contribution in [0.1, 0.15) is 37.6 Å². The molecule has 0 spiro atoms. The molecule has 1 rings (SSSR count). The summed E-state index contributed by atoms with van der Waals surface area (Å²) in [6.45, 7) is 5.05. The van der Waals surface area contributed by atoms with Crippen LogP contribution in [0.2, 0.25) is 5.02 Å². The lowest BCUT2D eigenvalue weighted by atomic mass is 10.0. The maximum Gasteiger partial charge on any atom is 0.345 e. The van der Waals surface area contributed by atoms with Crippen LogP contribution in [-0.4, -0.2) is 28.9 Å². The van der Waals surface area contributed by atoms with Crippen molar-refractivity contribution in [2.45, 2.75) is 32.7 Å². The number of nitro benzene ring substituents is 1. The Hall–Kier alpha value is -2.15. The second kappa shape index (κ2) is 7.22. The lowest BCUT2D eigenvalue weighted by molar-refractivity contribution is -0.385. The van der Waals surface area contributed by atoms with Gasteiger partial charge < -0.3 is 10.1 Å². The second-order valence-corrected chi connectivity index (χ2v) is 5.72. The molecule has 0 fully saturated rings. The minimum atomic E-state index is -0.951. The first kappa shape index (κ1) is 17.9. The predicted molar refractivity (Wildman–Crippen MR) is 80.9 cm³/mol. The number of nitro groups is 1. The van der Waals surface area contributed by atoms with Crippen LogP contribution in [0.15, 0.2) is 18.2 Å². The SMILES string of the molecule is CCC(C)(C)NC(=O)COC(=O)c1ccc(Cl)cc1[N+](=O)[O-]. The number of hydrogen-bond donors (Lipinski definition) is 1. The Morgan fingerprint density at radius 1 is 1.41 bits per heavy atom. The average molecular weight is 329 g/mol. The molecular weight excluding hydrogens is 312 g/mol. The maximum absolute atomic E-state index is 11.9. The van der Waals surface area contributed by atoms with E-state index in [1.54, 1.807) is 0 Å². The number of rotatable bonds is 6. The first-order chi connectivity index (χ1) is 10.2. The number of esters is 1. The van der Waals surface area contributed by atoms with E-state index in [-0.39, 0.29) is 10.6 Å². The topological polar surface area (TPSA) is 98.5 Å². The van der Waals surface area contributed by atoms with Gasteiger partial charge in [0.25, 0.3) is 11.6 Å². The van der Waals surface area contributed by atoms with E-state index in [4.69, 9.17) is 16.3 Å². The molecule has 0 aromatic heterocycles. The number of carbonyl (C=O) groups excluding carboxylic acids is 2. The van der Waals surface area contributed by atoms with Crippen LogP contribution in [0.3, 0.4) is 0 Å². The van der Waals surface area contributed by atoms with E-state index in [0.717, 1.165) is 6.07 Å². The summed E-state index contributed by atoms with van der Waals surface area (Å²) in [4.78, 5) is 33.7. The molecule has 0 saturated heterocycles. The smallest absolute Gasteiger partial charge is 0.345 e. The highest BCUT2D eigenvalue weighted by Gasteiger charge is 2.23. The van der Waals surface area contributed by atoms with Crippen LogP contribution in [0.5, 0.6) is 0 Å². The number of benzene rings is 1. The van der Waals surface area contributed by atoms with Crippen LogP contribution in [0, 0.1) is 10.1 Å². The Kier molecular flexibility index (Phi) is 5.87. The Labute approximate surface area is 132 Å². The van der Waals surface area contributed by atoms with Gasteiger partial charge in [-0.1, -0.05) is 18.5 Å². The van der Waals surface area contributed by atoms with E-state index in [1.807, 2.05) is 20.8 Å². The van der Waals surface area contributed by atoms with Crippen molar-refractivity contribution >= 4 is 29.2 Å². The highest BCUT2D eigenvalue weighted by Crippen LogP contribution is 2.23.